The van der Waals surface area contributed by atoms with Crippen molar-refractivity contribution in [2.75, 3.05) is 39.6 Å². The van der Waals surface area contributed by atoms with Crippen molar-refractivity contribution in [2.24, 2.45) is 0 Å². The van der Waals surface area contributed by atoms with Crippen molar-refractivity contribution in [1.29, 1.82) is 0 Å². The predicted octanol–water partition coefficient (Wildman–Crippen LogP) is -13.0. The number of ether oxygens (including phenoxy) is 8. The van der Waals surface area contributed by atoms with Gasteiger partial charge in [0.1, 0.15) is 110 Å². The van der Waals surface area contributed by atoms with Crippen LogP contribution in [0, 0.1) is 0 Å². The number of amides is 3. The molecule has 0 radical (unpaired) electrons. The number of carboxylic acid groups (broad SMARTS) is 1. The lowest BCUT2D eigenvalue weighted by Crippen LogP contribution is -2.70. The first-order valence-electron chi connectivity index (χ1n) is 23.4. The zero-order valence-electron chi connectivity index (χ0n) is 41.6. The van der Waals surface area contributed by atoms with E-state index in [0.717, 1.165) is 20.8 Å². The van der Waals surface area contributed by atoms with Gasteiger partial charge in [-0.25, -0.2) is 13.2 Å². The number of aliphatic carboxylic acids is 1. The van der Waals surface area contributed by atoms with Crippen molar-refractivity contribution in [3.05, 3.63) is 0 Å². The molecule has 0 aromatic carbocycles. The summed E-state index contributed by atoms with van der Waals surface area (Å²) in [6.45, 7) is -4.66. The second kappa shape index (κ2) is 28.8. The molecule has 4 fully saturated rings. The number of carbonyl (C=O) groups is 4. The van der Waals surface area contributed by atoms with Gasteiger partial charge in [-0.15, -0.1) is 0 Å². The molecule has 0 aliphatic carbocycles. The molecule has 20 N–H and O–H groups in total. The van der Waals surface area contributed by atoms with Crippen LogP contribution in [0.4, 0.5) is 0 Å². The zero-order chi connectivity index (χ0) is 59.8. The molecule has 0 saturated carbocycles. The van der Waals surface area contributed by atoms with Crippen molar-refractivity contribution in [2.45, 2.75) is 180 Å². The van der Waals surface area contributed by atoms with Crippen molar-refractivity contribution in [3.63, 3.8) is 0 Å². The molecule has 4 heterocycles. The molecule has 38 nitrogen and oxygen atoms in total. The molecule has 4 aliphatic rings. The second-order valence-corrected chi connectivity index (χ2v) is 20.6. The lowest BCUT2D eigenvalue weighted by Gasteiger charge is -2.50. The summed E-state index contributed by atoms with van der Waals surface area (Å²) in [6, 6.07) is -5.51. The van der Waals surface area contributed by atoms with Gasteiger partial charge in [0.15, 0.2) is 18.9 Å². The molecule has 4 saturated heterocycles. The Kier molecular flexibility index (Phi) is 24.9. The molecule has 4 aliphatic heterocycles. The fourth-order valence-corrected chi connectivity index (χ4v) is 9.34. The summed E-state index contributed by atoms with van der Waals surface area (Å²) >= 11 is 0. The number of carboxylic acids is 1. The maximum absolute atomic E-state index is 13.0. The average Bonchev–Trinajstić information content (AvgIpc) is 3.36. The van der Waals surface area contributed by atoms with Gasteiger partial charge in [-0.1, -0.05) is 0 Å². The molecule has 25 atom stereocenters. The standard InChI is InChI=1S/C39H67N3O35S2/c1-11(46)40-14(5-43)31(74-37-30(59)34(26(55)18(7-45)71-37)77-39(38(60)61)4-15(49)21(41-12(2)47)33(76-39)23(52)16(50)6-44)24(53)17(51)8-68-35-22(42-13(3)48)27(56)32(20(73-35)10-70-79(65,66)67)75-36-29(58)28(57)25(54)19(72-36)9-69-78(62,63)64/h14-37,43-45,49-59H,4-10H2,1-3H3,(H,40,46)(H,41,47)(H,42,48)(H,60,61)(H,62,63,64)(H,65,66,67)/t14-,15-,16+,17+,18+,19+,20+,21+,22+,23+,24-,25-,26-,27+,28-,29+,30+,31+,32+,33+,34-,35+,36-,37-,39-/m0/s1. The van der Waals surface area contributed by atoms with Crippen LogP contribution in [0.25, 0.3) is 0 Å². The third-order valence-electron chi connectivity index (χ3n) is 12.5. The van der Waals surface area contributed by atoms with E-state index in [2.05, 4.69) is 24.3 Å². The van der Waals surface area contributed by atoms with E-state index in [1.54, 1.807) is 0 Å². The summed E-state index contributed by atoms with van der Waals surface area (Å²) in [5.41, 5.74) is 0. The molecule has 40 heteroatoms. The van der Waals surface area contributed by atoms with Crippen molar-refractivity contribution < 1.29 is 168 Å². The van der Waals surface area contributed by atoms with E-state index in [1.807, 2.05) is 0 Å². The number of rotatable bonds is 27. The number of nitrogens with one attached hydrogen (secondary N) is 3. The van der Waals surface area contributed by atoms with Gasteiger partial charge >= 0.3 is 26.8 Å². The first kappa shape index (κ1) is 68.2. The summed E-state index contributed by atoms with van der Waals surface area (Å²) in [7, 11) is -10.6. The van der Waals surface area contributed by atoms with Gasteiger partial charge in [-0.3, -0.25) is 23.5 Å². The Morgan fingerprint density at radius 2 is 1.20 bits per heavy atom. The molecule has 0 aromatic heterocycles. The van der Waals surface area contributed by atoms with Crippen LogP contribution in [0.3, 0.4) is 0 Å². The second-order valence-electron chi connectivity index (χ2n) is 18.4. The van der Waals surface area contributed by atoms with Gasteiger partial charge in [0.2, 0.25) is 17.7 Å². The number of carbonyl (C=O) groups excluding carboxylic acids is 3. The predicted molar refractivity (Wildman–Crippen MR) is 242 cm³/mol. The van der Waals surface area contributed by atoms with Crippen LogP contribution >= 0.6 is 0 Å². The Morgan fingerprint density at radius 1 is 0.646 bits per heavy atom. The topological polar surface area (TPSA) is 609 Å². The van der Waals surface area contributed by atoms with E-state index in [-0.39, 0.29) is 0 Å². The van der Waals surface area contributed by atoms with Crippen LogP contribution in [-0.2, 0) is 86.2 Å². The maximum atomic E-state index is 13.0. The minimum absolute atomic E-state index is 0.861. The first-order valence-corrected chi connectivity index (χ1v) is 26.2. The molecule has 0 bridgehead atoms. The van der Waals surface area contributed by atoms with Crippen LogP contribution in [0.5, 0.6) is 0 Å². The molecule has 460 valence electrons. The molecule has 0 spiro atoms. The zero-order valence-corrected chi connectivity index (χ0v) is 43.2. The lowest BCUT2D eigenvalue weighted by molar-refractivity contribution is -0.376. The third-order valence-corrected chi connectivity index (χ3v) is 13.4. The minimum atomic E-state index is -5.39. The molecule has 3 amide bonds. The average molecular weight is 1200 g/mol. The van der Waals surface area contributed by atoms with E-state index in [4.69, 9.17) is 42.4 Å². The fraction of sp³-hybridized carbons (Fsp3) is 0.897. The Hall–Kier alpha value is -3.26. The van der Waals surface area contributed by atoms with Gasteiger partial charge in [0, 0.05) is 27.2 Å². The Balaban J connectivity index is 1.66. The van der Waals surface area contributed by atoms with E-state index in [1.165, 1.54) is 0 Å². The number of hydrogen-bond donors (Lipinski definition) is 20. The SMILES string of the molecule is CC(=O)N[C@H]1[C@H](OC[C@@H](O)[C@H](O)[C@H](O[C@@H]2O[C@H](CO)[C@H](O)[C@H](O[C@]3(C(=O)O)C[C@H](O)[C@@H](NC(C)=O)[C@H]([C@H](O)[C@H](O)CO)O3)[C@H]2O)[C@H](CO)NC(C)=O)O[C@H](COS(=O)(=O)O)[C@@H](O[C@@H]2O[C@H](COS(=O)(=O)O)[C@H](O)[C@H](O)[C@H]2O)[C@@H]1O. The summed E-state index contributed by atoms with van der Waals surface area (Å²) in [6.07, 6.45) is -48.0. The van der Waals surface area contributed by atoms with Gasteiger partial charge in [0.25, 0.3) is 5.79 Å². The van der Waals surface area contributed by atoms with E-state index < -0.39 is 243 Å². The molecule has 0 aromatic rings. The van der Waals surface area contributed by atoms with Crippen molar-refractivity contribution in [3.8, 4) is 0 Å². The summed E-state index contributed by atoms with van der Waals surface area (Å²) in [5.74, 6) is -8.20. The first-order chi connectivity index (χ1) is 36.6. The van der Waals surface area contributed by atoms with Gasteiger partial charge in [-0.2, -0.15) is 16.8 Å². The molecular weight excluding hydrogens is 1130 g/mol. The molecule has 4 rings (SSSR count). The Bertz CT molecular complexity index is 2240. The van der Waals surface area contributed by atoms with Crippen molar-refractivity contribution in [1.82, 2.24) is 16.0 Å². The number of aliphatic hydroxyl groups excluding tert-OH is 14. The van der Waals surface area contributed by atoms with Crippen LogP contribution in [0.15, 0.2) is 0 Å². The highest BCUT2D eigenvalue weighted by atomic mass is 32.3. The molecule has 0 unspecified atom stereocenters. The third kappa shape index (κ3) is 17.9. The largest absolute Gasteiger partial charge is 0.477 e. The van der Waals surface area contributed by atoms with Crippen LogP contribution in [0.1, 0.15) is 27.2 Å². The van der Waals surface area contributed by atoms with E-state index in [9.17, 15) is 117 Å². The minimum Gasteiger partial charge on any atom is -0.477 e. The maximum Gasteiger partial charge on any atom is 0.397 e. The van der Waals surface area contributed by atoms with E-state index in [0.29, 0.717) is 0 Å². The summed E-state index contributed by atoms with van der Waals surface area (Å²) in [4.78, 5) is 49.8. The number of aliphatic hydroxyl groups is 14. The smallest absolute Gasteiger partial charge is 0.397 e. The summed E-state index contributed by atoms with van der Waals surface area (Å²) in [5, 5.41) is 169. The van der Waals surface area contributed by atoms with Crippen LogP contribution < -0.4 is 16.0 Å². The van der Waals surface area contributed by atoms with Gasteiger partial charge < -0.3 is 130 Å². The Labute approximate surface area is 447 Å². The normalized spacial score (nSPS) is 37.9. The van der Waals surface area contributed by atoms with Crippen LogP contribution in [0.2, 0.25) is 0 Å². The number of hydrogen-bond acceptors (Lipinski definition) is 32. The molecule has 79 heavy (non-hydrogen) atoms. The fourth-order valence-electron chi connectivity index (χ4n) is 8.73. The van der Waals surface area contributed by atoms with Gasteiger partial charge in [-0.05, 0) is 0 Å². The monoisotopic (exact) mass is 1200 g/mol. The van der Waals surface area contributed by atoms with Gasteiger partial charge in [0.05, 0.1) is 57.8 Å². The Morgan fingerprint density at radius 3 is 1.72 bits per heavy atom. The highest BCUT2D eigenvalue weighted by Gasteiger charge is 2.60. The highest BCUT2D eigenvalue weighted by Crippen LogP contribution is 2.38. The lowest BCUT2D eigenvalue weighted by atomic mass is 9.88. The quantitative estimate of drug-likeness (QED) is 0.0340. The van der Waals surface area contributed by atoms with Crippen LogP contribution in [-0.4, -0.2) is 319 Å². The summed E-state index contributed by atoms with van der Waals surface area (Å²) < 4.78 is 117. The highest BCUT2D eigenvalue weighted by molar-refractivity contribution is 7.81. The molecular formula is C39H67N3O35S2. The van der Waals surface area contributed by atoms with E-state index >= 15 is 0 Å². The van der Waals surface area contributed by atoms with Crippen molar-refractivity contribution >= 4 is 44.5 Å².